The molecule has 4 nitrogen and oxygen atoms in total. The molecule has 0 saturated heterocycles. The Kier molecular flexibility index (Phi) is 5.41. The number of carbonyl (C=O) groups is 1. The maximum atomic E-state index is 10.8. The first-order valence-electron chi connectivity index (χ1n) is 6.91. The Bertz CT molecular complexity index is 635. The van der Waals surface area contributed by atoms with E-state index in [-0.39, 0.29) is 6.42 Å². The molecule has 0 aliphatic rings. The maximum absolute atomic E-state index is 10.8. The van der Waals surface area contributed by atoms with Gasteiger partial charge in [0.05, 0.1) is 5.02 Å². The number of hydrogen-bond acceptors (Lipinski definition) is 3. The van der Waals surface area contributed by atoms with Gasteiger partial charge in [-0.15, -0.1) is 0 Å². The highest BCUT2D eigenvalue weighted by molar-refractivity contribution is 6.32. The van der Waals surface area contributed by atoms with Crippen LogP contribution in [0.25, 0.3) is 0 Å². The summed E-state index contributed by atoms with van der Waals surface area (Å²) in [5.41, 5.74) is 8.24. The Balaban J connectivity index is 2.11. The largest absolute Gasteiger partial charge is 0.487 e. The second-order valence-corrected chi connectivity index (χ2v) is 5.55. The molecular formula is C17H18ClNO3. The summed E-state index contributed by atoms with van der Waals surface area (Å²) in [6.07, 6.45) is 0.231. The first-order valence-corrected chi connectivity index (χ1v) is 7.29. The average Bonchev–Trinajstić information content (AvgIpc) is 2.47. The van der Waals surface area contributed by atoms with Crippen molar-refractivity contribution in [1.29, 1.82) is 0 Å². The van der Waals surface area contributed by atoms with Crippen LogP contribution in [0, 0.1) is 6.92 Å². The number of benzene rings is 2. The van der Waals surface area contributed by atoms with Gasteiger partial charge in [-0.3, -0.25) is 4.79 Å². The zero-order chi connectivity index (χ0) is 16.1. The first kappa shape index (κ1) is 16.3. The molecule has 0 heterocycles. The van der Waals surface area contributed by atoms with Crippen molar-refractivity contribution in [2.75, 3.05) is 0 Å². The molecule has 22 heavy (non-hydrogen) atoms. The SMILES string of the molecule is Cc1cc(CC(N)C(=O)O)cc(Cl)c1OCc1ccccc1. The van der Waals surface area contributed by atoms with Gasteiger partial charge in [-0.2, -0.15) is 0 Å². The number of aliphatic carboxylic acids is 1. The third-order valence-electron chi connectivity index (χ3n) is 3.29. The first-order chi connectivity index (χ1) is 10.5. The molecule has 0 fully saturated rings. The molecule has 0 aromatic heterocycles. The minimum absolute atomic E-state index is 0.231. The fraction of sp³-hybridized carbons (Fsp3) is 0.235. The van der Waals surface area contributed by atoms with Gasteiger partial charge in [0, 0.05) is 0 Å². The van der Waals surface area contributed by atoms with Gasteiger partial charge in [-0.25, -0.2) is 0 Å². The van der Waals surface area contributed by atoms with Crippen molar-refractivity contribution in [3.8, 4) is 5.75 Å². The fourth-order valence-electron chi connectivity index (χ4n) is 2.17. The lowest BCUT2D eigenvalue weighted by molar-refractivity contribution is -0.138. The van der Waals surface area contributed by atoms with Crippen LogP contribution in [-0.2, 0) is 17.8 Å². The third kappa shape index (κ3) is 4.23. The van der Waals surface area contributed by atoms with Crippen molar-refractivity contribution < 1.29 is 14.6 Å². The summed E-state index contributed by atoms with van der Waals surface area (Å²) in [4.78, 5) is 10.8. The molecule has 1 unspecified atom stereocenters. The number of carboxylic acid groups (broad SMARTS) is 1. The second-order valence-electron chi connectivity index (χ2n) is 5.15. The standard InChI is InChI=1S/C17H18ClNO3/c1-11-7-13(9-15(19)17(20)21)8-14(18)16(11)22-10-12-5-3-2-4-6-12/h2-8,15H,9-10,19H2,1H3,(H,20,21). The van der Waals surface area contributed by atoms with Crippen molar-refractivity contribution in [3.05, 3.63) is 64.2 Å². The molecule has 2 aromatic rings. The molecule has 116 valence electrons. The van der Waals surface area contributed by atoms with Crippen molar-refractivity contribution in [2.24, 2.45) is 5.73 Å². The smallest absolute Gasteiger partial charge is 0.320 e. The monoisotopic (exact) mass is 319 g/mol. The van der Waals surface area contributed by atoms with E-state index in [4.69, 9.17) is 27.2 Å². The summed E-state index contributed by atoms with van der Waals surface area (Å²) >= 11 is 6.25. The lowest BCUT2D eigenvalue weighted by Gasteiger charge is -2.14. The summed E-state index contributed by atoms with van der Waals surface area (Å²) in [6.45, 7) is 2.30. The van der Waals surface area contributed by atoms with Crippen molar-refractivity contribution in [3.63, 3.8) is 0 Å². The molecule has 1 atom stereocenters. The summed E-state index contributed by atoms with van der Waals surface area (Å²) < 4.78 is 5.78. The van der Waals surface area contributed by atoms with E-state index in [1.165, 1.54) is 0 Å². The number of rotatable bonds is 6. The van der Waals surface area contributed by atoms with Crippen LogP contribution in [0.5, 0.6) is 5.75 Å². The van der Waals surface area contributed by atoms with Crippen LogP contribution < -0.4 is 10.5 Å². The molecule has 0 aliphatic carbocycles. The minimum atomic E-state index is -1.03. The molecule has 0 radical (unpaired) electrons. The van der Waals surface area contributed by atoms with Crippen LogP contribution in [0.2, 0.25) is 5.02 Å². The van der Waals surface area contributed by atoms with Gasteiger partial charge in [-0.1, -0.05) is 48.0 Å². The van der Waals surface area contributed by atoms with E-state index in [0.29, 0.717) is 17.4 Å². The zero-order valence-electron chi connectivity index (χ0n) is 12.3. The molecule has 0 amide bonds. The number of ether oxygens (including phenoxy) is 1. The van der Waals surface area contributed by atoms with Gasteiger partial charge in [-0.05, 0) is 36.1 Å². The minimum Gasteiger partial charge on any atom is -0.487 e. The predicted molar refractivity (Wildman–Crippen MR) is 86.3 cm³/mol. The highest BCUT2D eigenvalue weighted by atomic mass is 35.5. The van der Waals surface area contributed by atoms with Crippen LogP contribution in [-0.4, -0.2) is 17.1 Å². The van der Waals surface area contributed by atoms with Crippen LogP contribution in [0.15, 0.2) is 42.5 Å². The third-order valence-corrected chi connectivity index (χ3v) is 3.57. The van der Waals surface area contributed by atoms with Gasteiger partial charge in [0.15, 0.2) is 0 Å². The van der Waals surface area contributed by atoms with Gasteiger partial charge < -0.3 is 15.6 Å². The van der Waals surface area contributed by atoms with Crippen LogP contribution in [0.4, 0.5) is 0 Å². The van der Waals surface area contributed by atoms with Crippen molar-refractivity contribution >= 4 is 17.6 Å². The molecule has 0 spiro atoms. The lowest BCUT2D eigenvalue weighted by atomic mass is 10.0. The summed E-state index contributed by atoms with van der Waals surface area (Å²) in [6, 6.07) is 12.4. The van der Waals surface area contributed by atoms with Gasteiger partial charge in [0.2, 0.25) is 0 Å². The van der Waals surface area contributed by atoms with E-state index < -0.39 is 12.0 Å². The zero-order valence-corrected chi connectivity index (χ0v) is 13.0. The Morgan fingerprint density at radius 2 is 1.95 bits per heavy atom. The Morgan fingerprint density at radius 3 is 2.55 bits per heavy atom. The molecular weight excluding hydrogens is 302 g/mol. The summed E-state index contributed by atoms with van der Waals surface area (Å²) in [7, 11) is 0. The topological polar surface area (TPSA) is 72.6 Å². The molecule has 2 rings (SSSR count). The Labute approximate surface area is 134 Å². The maximum Gasteiger partial charge on any atom is 0.320 e. The molecule has 3 N–H and O–H groups in total. The fourth-order valence-corrected chi connectivity index (χ4v) is 2.52. The Hall–Kier alpha value is -2.04. The number of nitrogens with two attached hydrogens (primary N) is 1. The number of hydrogen-bond donors (Lipinski definition) is 2. The quantitative estimate of drug-likeness (QED) is 0.857. The van der Waals surface area contributed by atoms with Gasteiger partial charge in [0.1, 0.15) is 18.4 Å². The second kappa shape index (κ2) is 7.29. The molecule has 0 bridgehead atoms. The highest BCUT2D eigenvalue weighted by Crippen LogP contribution is 2.31. The normalized spacial score (nSPS) is 12.0. The number of aryl methyl sites for hydroxylation is 1. The lowest BCUT2D eigenvalue weighted by Crippen LogP contribution is -2.32. The summed E-state index contributed by atoms with van der Waals surface area (Å²) in [5.74, 6) is -0.420. The molecule has 0 saturated carbocycles. The van der Waals surface area contributed by atoms with E-state index in [2.05, 4.69) is 0 Å². The average molecular weight is 320 g/mol. The van der Waals surface area contributed by atoms with E-state index in [1.807, 2.05) is 43.3 Å². The highest BCUT2D eigenvalue weighted by Gasteiger charge is 2.15. The van der Waals surface area contributed by atoms with Gasteiger partial charge >= 0.3 is 5.97 Å². The number of halogens is 1. The van der Waals surface area contributed by atoms with Crippen LogP contribution in [0.1, 0.15) is 16.7 Å². The van der Waals surface area contributed by atoms with Gasteiger partial charge in [0.25, 0.3) is 0 Å². The number of carboxylic acids is 1. The van der Waals surface area contributed by atoms with Crippen LogP contribution in [0.3, 0.4) is 0 Å². The van der Waals surface area contributed by atoms with E-state index in [0.717, 1.165) is 16.7 Å². The van der Waals surface area contributed by atoms with E-state index >= 15 is 0 Å². The Morgan fingerprint density at radius 1 is 1.27 bits per heavy atom. The van der Waals surface area contributed by atoms with E-state index in [9.17, 15) is 4.79 Å². The predicted octanol–water partition coefficient (Wildman–Crippen LogP) is 3.18. The molecule has 0 aliphatic heterocycles. The van der Waals surface area contributed by atoms with E-state index in [1.54, 1.807) is 6.07 Å². The van der Waals surface area contributed by atoms with Crippen molar-refractivity contribution in [1.82, 2.24) is 0 Å². The summed E-state index contributed by atoms with van der Waals surface area (Å²) in [5, 5.41) is 9.33. The van der Waals surface area contributed by atoms with Crippen LogP contribution >= 0.6 is 11.6 Å². The molecule has 2 aromatic carbocycles. The molecule has 5 heteroatoms. The van der Waals surface area contributed by atoms with Crippen molar-refractivity contribution in [2.45, 2.75) is 26.0 Å².